The van der Waals surface area contributed by atoms with Crippen LogP contribution in [0.3, 0.4) is 0 Å². The second-order valence-electron chi connectivity index (χ2n) is 6.44. The van der Waals surface area contributed by atoms with Crippen molar-refractivity contribution in [2.45, 2.75) is 45.6 Å². The van der Waals surface area contributed by atoms with Gasteiger partial charge < -0.3 is 5.32 Å². The number of urea groups is 2. The molecule has 0 aromatic heterocycles. The van der Waals surface area contributed by atoms with Crippen LogP contribution >= 0.6 is 0 Å². The summed E-state index contributed by atoms with van der Waals surface area (Å²) < 4.78 is 0. The van der Waals surface area contributed by atoms with Crippen molar-refractivity contribution in [1.82, 2.24) is 20.4 Å². The predicted molar refractivity (Wildman–Crippen MR) is 82.6 cm³/mol. The summed E-state index contributed by atoms with van der Waals surface area (Å²) in [5.41, 5.74) is 0. The molecule has 7 amide bonds. The minimum absolute atomic E-state index is 0.213. The van der Waals surface area contributed by atoms with Crippen LogP contribution in [0.5, 0.6) is 0 Å². The molecule has 1 aliphatic carbocycles. The number of nitrogens with one attached hydrogen (secondary N) is 2. The van der Waals surface area contributed by atoms with Crippen molar-refractivity contribution in [1.29, 1.82) is 0 Å². The van der Waals surface area contributed by atoms with Crippen molar-refractivity contribution >= 4 is 29.8 Å². The molecule has 0 unspecified atom stereocenters. The first-order chi connectivity index (χ1) is 11.3. The third-order valence-corrected chi connectivity index (χ3v) is 4.00. The van der Waals surface area contributed by atoms with E-state index < -0.39 is 36.3 Å². The highest BCUT2D eigenvalue weighted by Crippen LogP contribution is 2.27. The smallest absolute Gasteiger partial charge is 0.334 e. The van der Waals surface area contributed by atoms with Crippen molar-refractivity contribution in [3.05, 3.63) is 0 Å². The van der Waals surface area contributed by atoms with Gasteiger partial charge in [-0.1, -0.05) is 26.7 Å². The quantitative estimate of drug-likeness (QED) is 0.549. The molecule has 132 valence electrons. The van der Waals surface area contributed by atoms with Crippen molar-refractivity contribution in [3.8, 4) is 0 Å². The minimum atomic E-state index is -1.02. The van der Waals surface area contributed by atoms with Gasteiger partial charge in [0.1, 0.15) is 6.54 Å². The fourth-order valence-corrected chi connectivity index (χ4v) is 2.80. The molecule has 2 aliphatic rings. The molecule has 0 aromatic carbocycles. The number of nitrogens with zero attached hydrogens (tertiary/aromatic N) is 2. The molecule has 0 atom stereocenters. The van der Waals surface area contributed by atoms with Gasteiger partial charge >= 0.3 is 23.9 Å². The molecule has 0 bridgehead atoms. The average molecular weight is 338 g/mol. The molecule has 2 fully saturated rings. The number of carbonyl (C=O) groups excluding carboxylic acids is 5. The maximum absolute atomic E-state index is 12.3. The molecule has 2 N–H and O–H groups in total. The Morgan fingerprint density at radius 2 is 1.75 bits per heavy atom. The summed E-state index contributed by atoms with van der Waals surface area (Å²) in [5.74, 6) is -2.53. The zero-order valence-corrected chi connectivity index (χ0v) is 13.8. The Hall–Kier alpha value is -2.45. The molecule has 0 aromatic rings. The van der Waals surface area contributed by atoms with Gasteiger partial charge in [-0.15, -0.1) is 0 Å². The van der Waals surface area contributed by atoms with Gasteiger partial charge in [-0.3, -0.25) is 24.6 Å². The largest absolute Gasteiger partial charge is 0.338 e. The van der Waals surface area contributed by atoms with Gasteiger partial charge in [-0.25, -0.2) is 14.5 Å². The summed E-state index contributed by atoms with van der Waals surface area (Å²) in [4.78, 5) is 61.1. The lowest BCUT2D eigenvalue weighted by molar-refractivity contribution is -0.144. The zero-order valence-electron chi connectivity index (χ0n) is 13.8. The van der Waals surface area contributed by atoms with E-state index >= 15 is 0 Å². The first-order valence-electron chi connectivity index (χ1n) is 8.08. The van der Waals surface area contributed by atoms with Gasteiger partial charge in [0, 0.05) is 12.6 Å². The van der Waals surface area contributed by atoms with Crippen molar-refractivity contribution in [2.24, 2.45) is 5.92 Å². The highest BCUT2D eigenvalue weighted by atomic mass is 16.2. The number of amides is 7. The van der Waals surface area contributed by atoms with Crippen LogP contribution in [0.1, 0.15) is 39.5 Å². The summed E-state index contributed by atoms with van der Waals surface area (Å²) in [7, 11) is 0. The summed E-state index contributed by atoms with van der Waals surface area (Å²) in [6, 6.07) is -1.77. The Morgan fingerprint density at radius 3 is 2.33 bits per heavy atom. The van der Waals surface area contributed by atoms with Crippen LogP contribution in [0.25, 0.3) is 0 Å². The number of hydrogen-bond donors (Lipinski definition) is 2. The van der Waals surface area contributed by atoms with Gasteiger partial charge in [0.2, 0.25) is 5.91 Å². The van der Waals surface area contributed by atoms with Gasteiger partial charge in [0.25, 0.3) is 0 Å². The first-order valence-corrected chi connectivity index (χ1v) is 8.08. The van der Waals surface area contributed by atoms with Crippen molar-refractivity contribution < 1.29 is 24.0 Å². The van der Waals surface area contributed by atoms with Crippen LogP contribution in [-0.4, -0.2) is 58.7 Å². The standard InChI is InChI=1S/C15H22N4O5/c1-9(2)7-16-14(23)17-11(20)8-18-12(21)13(22)19(15(18)24)10-5-3-4-6-10/h9-10H,3-8H2,1-2H3,(H2,16,17,20,23). The Kier molecular flexibility index (Phi) is 5.53. The van der Waals surface area contributed by atoms with Gasteiger partial charge in [0.15, 0.2) is 0 Å². The van der Waals surface area contributed by atoms with Crippen molar-refractivity contribution in [3.63, 3.8) is 0 Å². The topological polar surface area (TPSA) is 116 Å². The lowest BCUT2D eigenvalue weighted by Crippen LogP contribution is -2.47. The van der Waals surface area contributed by atoms with Crippen LogP contribution in [-0.2, 0) is 14.4 Å². The van der Waals surface area contributed by atoms with E-state index in [9.17, 15) is 24.0 Å². The molecule has 1 saturated carbocycles. The van der Waals surface area contributed by atoms with Crippen molar-refractivity contribution in [2.75, 3.05) is 13.1 Å². The number of rotatable bonds is 5. The third kappa shape index (κ3) is 3.90. The SMILES string of the molecule is CC(C)CNC(=O)NC(=O)CN1C(=O)C(=O)N(C2CCCC2)C1=O. The summed E-state index contributed by atoms with van der Waals surface area (Å²) in [6.07, 6.45) is 3.13. The fourth-order valence-electron chi connectivity index (χ4n) is 2.80. The van der Waals surface area contributed by atoms with Gasteiger partial charge in [0.05, 0.1) is 0 Å². The molecular weight excluding hydrogens is 316 g/mol. The number of imide groups is 3. The van der Waals surface area contributed by atoms with Crippen LogP contribution in [0.15, 0.2) is 0 Å². The highest BCUT2D eigenvalue weighted by Gasteiger charge is 2.48. The number of carbonyl (C=O) groups is 5. The molecular formula is C15H22N4O5. The van der Waals surface area contributed by atoms with Crippen LogP contribution in [0.4, 0.5) is 9.59 Å². The lowest BCUT2D eigenvalue weighted by Gasteiger charge is -2.20. The third-order valence-electron chi connectivity index (χ3n) is 4.00. The van der Waals surface area contributed by atoms with Crippen LogP contribution in [0, 0.1) is 5.92 Å². The number of hydrogen-bond acceptors (Lipinski definition) is 5. The maximum atomic E-state index is 12.3. The van der Waals surface area contributed by atoms with E-state index in [1.165, 1.54) is 0 Å². The average Bonchev–Trinajstić information content (AvgIpc) is 3.09. The van der Waals surface area contributed by atoms with E-state index in [1.807, 2.05) is 19.2 Å². The molecule has 9 nitrogen and oxygen atoms in total. The molecule has 1 heterocycles. The summed E-state index contributed by atoms with van der Waals surface area (Å²) in [5, 5.41) is 4.52. The zero-order chi connectivity index (χ0) is 17.9. The molecule has 2 rings (SSSR count). The lowest BCUT2D eigenvalue weighted by atomic mass is 10.2. The Bertz CT molecular complexity index is 568. The molecule has 0 spiro atoms. The fraction of sp³-hybridized carbons (Fsp3) is 0.667. The minimum Gasteiger partial charge on any atom is -0.338 e. The Balaban J connectivity index is 1.92. The Labute approximate surface area is 139 Å². The van der Waals surface area contributed by atoms with E-state index in [2.05, 4.69) is 5.32 Å². The predicted octanol–water partition coefficient (Wildman–Crippen LogP) is 0.202. The maximum Gasteiger partial charge on any atom is 0.334 e. The molecule has 24 heavy (non-hydrogen) atoms. The monoisotopic (exact) mass is 338 g/mol. The van der Waals surface area contributed by atoms with E-state index in [0.29, 0.717) is 24.3 Å². The Morgan fingerprint density at radius 1 is 1.12 bits per heavy atom. The van der Waals surface area contributed by atoms with Crippen LogP contribution in [0.2, 0.25) is 0 Å². The molecule has 0 radical (unpaired) electrons. The van der Waals surface area contributed by atoms with Gasteiger partial charge in [-0.2, -0.15) is 0 Å². The van der Waals surface area contributed by atoms with Crippen LogP contribution < -0.4 is 10.6 Å². The van der Waals surface area contributed by atoms with E-state index in [4.69, 9.17) is 0 Å². The summed E-state index contributed by atoms with van der Waals surface area (Å²) in [6.45, 7) is 3.52. The summed E-state index contributed by atoms with van der Waals surface area (Å²) >= 11 is 0. The van der Waals surface area contributed by atoms with E-state index in [1.54, 1.807) is 0 Å². The molecule has 1 saturated heterocycles. The van der Waals surface area contributed by atoms with E-state index in [0.717, 1.165) is 17.7 Å². The first kappa shape index (κ1) is 17.9. The van der Waals surface area contributed by atoms with Gasteiger partial charge in [-0.05, 0) is 18.8 Å². The highest BCUT2D eigenvalue weighted by molar-refractivity contribution is 6.45. The molecule has 1 aliphatic heterocycles. The van der Waals surface area contributed by atoms with E-state index in [-0.39, 0.29) is 12.0 Å². The normalized spacial score (nSPS) is 18.7. The second-order valence-corrected chi connectivity index (χ2v) is 6.44. The molecule has 9 heteroatoms. The second kappa shape index (κ2) is 7.41.